The number of benzene rings is 3. The largest absolute Gasteiger partial charge is 0.319 e. The van der Waals surface area contributed by atoms with E-state index in [0.717, 1.165) is 13.0 Å². The first-order valence-electron chi connectivity index (χ1n) is 7.54. The topological polar surface area (TPSA) is 12.0 Å². The van der Waals surface area contributed by atoms with Gasteiger partial charge in [-0.1, -0.05) is 72.8 Å². The molecule has 1 nitrogen and oxygen atoms in total. The first-order chi connectivity index (χ1) is 10.4. The molecule has 0 aromatic heterocycles. The molecule has 0 aliphatic heterocycles. The van der Waals surface area contributed by atoms with Crippen LogP contribution in [0.2, 0.25) is 0 Å². The monoisotopic (exact) mass is 275 g/mol. The fourth-order valence-electron chi connectivity index (χ4n) is 2.93. The highest BCUT2D eigenvalue weighted by Gasteiger charge is 2.11. The van der Waals surface area contributed by atoms with Crippen molar-refractivity contribution in [2.45, 2.75) is 12.3 Å². The third kappa shape index (κ3) is 3.32. The highest BCUT2D eigenvalue weighted by Crippen LogP contribution is 2.23. The standard InChI is InChI=1S/C20H21N/c1-21-15-20(17-7-3-2-4-8-17)14-16-11-12-18-9-5-6-10-19(18)13-16/h2-13,20-21H,14-15H2,1H3. The van der Waals surface area contributed by atoms with Gasteiger partial charge in [-0.25, -0.2) is 0 Å². The van der Waals surface area contributed by atoms with Gasteiger partial charge in [0.2, 0.25) is 0 Å². The van der Waals surface area contributed by atoms with Crippen molar-refractivity contribution in [3.63, 3.8) is 0 Å². The van der Waals surface area contributed by atoms with Crippen molar-refractivity contribution < 1.29 is 0 Å². The van der Waals surface area contributed by atoms with E-state index in [1.54, 1.807) is 0 Å². The molecule has 3 aromatic carbocycles. The molecular weight excluding hydrogens is 254 g/mol. The number of fused-ring (bicyclic) bond motifs is 1. The molecule has 106 valence electrons. The summed E-state index contributed by atoms with van der Waals surface area (Å²) in [5.41, 5.74) is 2.80. The molecule has 3 rings (SSSR count). The summed E-state index contributed by atoms with van der Waals surface area (Å²) >= 11 is 0. The summed E-state index contributed by atoms with van der Waals surface area (Å²) in [6.45, 7) is 0.997. The average molecular weight is 275 g/mol. The highest BCUT2D eigenvalue weighted by molar-refractivity contribution is 5.83. The quantitative estimate of drug-likeness (QED) is 0.728. The predicted molar refractivity (Wildman–Crippen MR) is 90.8 cm³/mol. The van der Waals surface area contributed by atoms with E-state index in [1.165, 1.54) is 21.9 Å². The molecule has 1 N–H and O–H groups in total. The molecule has 0 heterocycles. The van der Waals surface area contributed by atoms with E-state index in [-0.39, 0.29) is 0 Å². The second-order valence-electron chi connectivity index (χ2n) is 5.55. The molecule has 0 bridgehead atoms. The van der Waals surface area contributed by atoms with Crippen molar-refractivity contribution in [3.8, 4) is 0 Å². The Morgan fingerprint density at radius 3 is 2.29 bits per heavy atom. The molecule has 0 fully saturated rings. The predicted octanol–water partition coefficient (Wildman–Crippen LogP) is 4.39. The van der Waals surface area contributed by atoms with Gasteiger partial charge in [0.25, 0.3) is 0 Å². The summed E-state index contributed by atoms with van der Waals surface area (Å²) in [5.74, 6) is 0.511. The van der Waals surface area contributed by atoms with E-state index < -0.39 is 0 Å². The Hall–Kier alpha value is -2.12. The third-order valence-corrected chi connectivity index (χ3v) is 4.02. The number of likely N-dealkylation sites (N-methyl/N-ethyl adjacent to an activating group) is 1. The molecule has 0 aliphatic carbocycles. The van der Waals surface area contributed by atoms with Gasteiger partial charge in [-0.15, -0.1) is 0 Å². The van der Waals surface area contributed by atoms with E-state index in [9.17, 15) is 0 Å². The van der Waals surface area contributed by atoms with Crippen molar-refractivity contribution in [3.05, 3.63) is 83.9 Å². The van der Waals surface area contributed by atoms with Gasteiger partial charge < -0.3 is 5.32 Å². The van der Waals surface area contributed by atoms with Gasteiger partial charge >= 0.3 is 0 Å². The van der Waals surface area contributed by atoms with Crippen molar-refractivity contribution >= 4 is 10.8 Å². The molecule has 21 heavy (non-hydrogen) atoms. The molecule has 1 unspecified atom stereocenters. The van der Waals surface area contributed by atoms with Crippen LogP contribution in [0.1, 0.15) is 17.0 Å². The minimum Gasteiger partial charge on any atom is -0.319 e. The minimum absolute atomic E-state index is 0.511. The Bertz CT molecular complexity index is 703. The fraction of sp³-hybridized carbons (Fsp3) is 0.200. The van der Waals surface area contributed by atoms with E-state index in [0.29, 0.717) is 5.92 Å². The zero-order valence-electron chi connectivity index (χ0n) is 12.4. The van der Waals surface area contributed by atoms with Gasteiger partial charge in [0, 0.05) is 12.5 Å². The number of hydrogen-bond donors (Lipinski definition) is 1. The lowest BCUT2D eigenvalue weighted by molar-refractivity contribution is 0.626. The van der Waals surface area contributed by atoms with Crippen LogP contribution in [-0.2, 0) is 6.42 Å². The van der Waals surface area contributed by atoms with E-state index in [4.69, 9.17) is 0 Å². The van der Waals surface area contributed by atoms with Gasteiger partial charge in [0.15, 0.2) is 0 Å². The van der Waals surface area contributed by atoms with Crippen LogP contribution in [0.25, 0.3) is 10.8 Å². The van der Waals surface area contributed by atoms with E-state index in [1.807, 2.05) is 7.05 Å². The lowest BCUT2D eigenvalue weighted by Crippen LogP contribution is -2.19. The van der Waals surface area contributed by atoms with Crippen LogP contribution in [0.4, 0.5) is 0 Å². The molecule has 1 heteroatoms. The lowest BCUT2D eigenvalue weighted by atomic mass is 9.91. The average Bonchev–Trinajstić information content (AvgIpc) is 2.55. The second kappa shape index (κ2) is 6.55. The minimum atomic E-state index is 0.511. The Balaban J connectivity index is 1.87. The SMILES string of the molecule is CNCC(Cc1ccc2ccccc2c1)c1ccccc1. The van der Waals surface area contributed by atoms with Gasteiger partial charge in [-0.3, -0.25) is 0 Å². The van der Waals surface area contributed by atoms with E-state index >= 15 is 0 Å². The third-order valence-electron chi connectivity index (χ3n) is 4.02. The van der Waals surface area contributed by atoms with Crippen LogP contribution in [-0.4, -0.2) is 13.6 Å². The van der Waals surface area contributed by atoms with Crippen LogP contribution in [0, 0.1) is 0 Å². The van der Waals surface area contributed by atoms with E-state index in [2.05, 4.69) is 78.1 Å². The molecule has 0 saturated heterocycles. The van der Waals surface area contributed by atoms with Crippen molar-refractivity contribution in [2.75, 3.05) is 13.6 Å². The zero-order valence-corrected chi connectivity index (χ0v) is 12.4. The number of rotatable bonds is 5. The Kier molecular flexibility index (Phi) is 4.32. The van der Waals surface area contributed by atoms with Gasteiger partial charge in [-0.2, -0.15) is 0 Å². The summed E-state index contributed by atoms with van der Waals surface area (Å²) < 4.78 is 0. The Morgan fingerprint density at radius 2 is 1.52 bits per heavy atom. The summed E-state index contributed by atoms with van der Waals surface area (Å²) in [6, 6.07) is 26.1. The summed E-state index contributed by atoms with van der Waals surface area (Å²) in [7, 11) is 2.02. The first-order valence-corrected chi connectivity index (χ1v) is 7.54. The van der Waals surface area contributed by atoms with Crippen molar-refractivity contribution in [1.29, 1.82) is 0 Å². The fourth-order valence-corrected chi connectivity index (χ4v) is 2.93. The smallest absolute Gasteiger partial charge is 0.00203 e. The normalized spacial score (nSPS) is 12.4. The molecule has 0 radical (unpaired) electrons. The zero-order chi connectivity index (χ0) is 14.5. The van der Waals surface area contributed by atoms with Crippen LogP contribution < -0.4 is 5.32 Å². The van der Waals surface area contributed by atoms with Crippen LogP contribution in [0.15, 0.2) is 72.8 Å². The maximum Gasteiger partial charge on any atom is 0.00203 e. The van der Waals surface area contributed by atoms with Gasteiger partial charge in [0.1, 0.15) is 0 Å². The maximum atomic E-state index is 3.32. The van der Waals surface area contributed by atoms with Crippen molar-refractivity contribution in [2.24, 2.45) is 0 Å². The molecule has 0 spiro atoms. The molecule has 0 amide bonds. The molecule has 0 aliphatic rings. The maximum absolute atomic E-state index is 3.32. The molecular formula is C20H21N. The van der Waals surface area contributed by atoms with Crippen molar-refractivity contribution in [1.82, 2.24) is 5.32 Å². The van der Waals surface area contributed by atoms with Gasteiger partial charge in [-0.05, 0) is 35.4 Å². The Labute approximate surface area is 126 Å². The second-order valence-corrected chi connectivity index (χ2v) is 5.55. The lowest BCUT2D eigenvalue weighted by Gasteiger charge is -2.17. The first kappa shape index (κ1) is 13.8. The van der Waals surface area contributed by atoms with Crippen LogP contribution in [0.5, 0.6) is 0 Å². The summed E-state index contributed by atoms with van der Waals surface area (Å²) in [5, 5.41) is 5.96. The summed E-state index contributed by atoms with van der Waals surface area (Å²) in [4.78, 5) is 0. The number of nitrogens with one attached hydrogen (secondary N) is 1. The van der Waals surface area contributed by atoms with Crippen LogP contribution >= 0.6 is 0 Å². The van der Waals surface area contributed by atoms with Gasteiger partial charge in [0.05, 0.1) is 0 Å². The number of hydrogen-bond acceptors (Lipinski definition) is 1. The highest BCUT2D eigenvalue weighted by atomic mass is 14.8. The molecule has 3 aromatic rings. The summed E-state index contributed by atoms with van der Waals surface area (Å²) in [6.07, 6.45) is 1.07. The molecule has 0 saturated carbocycles. The Morgan fingerprint density at radius 1 is 0.810 bits per heavy atom. The molecule has 1 atom stereocenters. The van der Waals surface area contributed by atoms with Crippen LogP contribution in [0.3, 0.4) is 0 Å².